The van der Waals surface area contributed by atoms with Gasteiger partial charge in [-0.3, -0.25) is 14.3 Å². The maximum absolute atomic E-state index is 12.4. The summed E-state index contributed by atoms with van der Waals surface area (Å²) in [4.78, 5) is 32.9. The van der Waals surface area contributed by atoms with Crippen molar-refractivity contribution in [1.29, 1.82) is 0 Å². The highest BCUT2D eigenvalue weighted by Crippen LogP contribution is 2.32. The van der Waals surface area contributed by atoms with Crippen molar-refractivity contribution < 1.29 is 14.3 Å². The molecule has 2 aromatic carbocycles. The number of ether oxygens (including phenoxy) is 1. The third kappa shape index (κ3) is 2.95. The molecule has 0 N–H and O–H groups in total. The first-order valence-electron chi connectivity index (χ1n) is 8.71. The summed E-state index contributed by atoms with van der Waals surface area (Å²) in [7, 11) is 1.35. The largest absolute Gasteiger partial charge is 0.465 e. The highest BCUT2D eigenvalue weighted by atomic mass is 16.5. The van der Waals surface area contributed by atoms with Crippen LogP contribution in [0.3, 0.4) is 0 Å². The monoisotopic (exact) mass is 371 g/mol. The van der Waals surface area contributed by atoms with Gasteiger partial charge in [0.05, 0.1) is 35.1 Å². The van der Waals surface area contributed by atoms with Crippen molar-refractivity contribution in [2.24, 2.45) is 0 Å². The predicted octanol–water partition coefficient (Wildman–Crippen LogP) is 4.08. The number of imidazole rings is 1. The van der Waals surface area contributed by atoms with Crippen LogP contribution in [0.5, 0.6) is 0 Å². The molecule has 4 aromatic rings. The Bertz CT molecular complexity index is 1200. The van der Waals surface area contributed by atoms with Gasteiger partial charge in [0, 0.05) is 17.3 Å². The molecule has 0 aliphatic heterocycles. The molecule has 6 heteroatoms. The Hall–Kier alpha value is -3.80. The molecule has 0 radical (unpaired) electrons. The van der Waals surface area contributed by atoms with Crippen LogP contribution < -0.4 is 0 Å². The van der Waals surface area contributed by atoms with Crippen molar-refractivity contribution in [2.45, 2.75) is 6.92 Å². The zero-order chi connectivity index (χ0) is 19.7. The Labute approximate surface area is 161 Å². The number of hydrogen-bond donors (Lipinski definition) is 0. The van der Waals surface area contributed by atoms with E-state index in [1.807, 2.05) is 34.9 Å². The van der Waals surface area contributed by atoms with Crippen molar-refractivity contribution in [3.63, 3.8) is 0 Å². The first kappa shape index (κ1) is 17.6. The molecule has 0 aliphatic carbocycles. The molecule has 2 aromatic heterocycles. The number of methoxy groups -OCH3 is 1. The number of fused-ring (bicyclic) bond motifs is 1. The average Bonchev–Trinajstić information content (AvgIpc) is 3.16. The third-order valence-corrected chi connectivity index (χ3v) is 4.58. The van der Waals surface area contributed by atoms with Crippen LogP contribution in [-0.4, -0.2) is 33.4 Å². The molecule has 0 unspecified atom stereocenters. The standard InChI is InChI=1S/C22H17N3O3/c1-14(26)15-9-10-19-18(12-15)24-13-25(19)20-8-5-6-16(22(27)28-2)21(20)17-7-3-4-11-23-17/h3-13H,1-2H3. The van der Waals surface area contributed by atoms with E-state index in [0.29, 0.717) is 27.9 Å². The number of benzene rings is 2. The van der Waals surface area contributed by atoms with Gasteiger partial charge in [-0.15, -0.1) is 0 Å². The second-order valence-corrected chi connectivity index (χ2v) is 6.28. The summed E-state index contributed by atoms with van der Waals surface area (Å²) in [5.41, 5.74) is 4.60. The number of aromatic nitrogens is 3. The lowest BCUT2D eigenvalue weighted by Crippen LogP contribution is -2.07. The SMILES string of the molecule is COC(=O)c1cccc(-n2cnc3cc(C(C)=O)ccc32)c1-c1ccccn1. The zero-order valence-electron chi connectivity index (χ0n) is 15.4. The number of ketones is 1. The van der Waals surface area contributed by atoms with Gasteiger partial charge < -0.3 is 4.74 Å². The molecule has 6 nitrogen and oxygen atoms in total. The highest BCUT2D eigenvalue weighted by molar-refractivity contribution is 6.00. The van der Waals surface area contributed by atoms with Gasteiger partial charge in [-0.25, -0.2) is 9.78 Å². The van der Waals surface area contributed by atoms with Crippen LogP contribution in [0.2, 0.25) is 0 Å². The molecule has 138 valence electrons. The Morgan fingerprint density at radius 2 is 1.86 bits per heavy atom. The first-order valence-corrected chi connectivity index (χ1v) is 8.71. The third-order valence-electron chi connectivity index (χ3n) is 4.58. The average molecular weight is 371 g/mol. The quantitative estimate of drug-likeness (QED) is 0.399. The zero-order valence-corrected chi connectivity index (χ0v) is 15.4. The number of rotatable bonds is 4. The molecule has 0 spiro atoms. The summed E-state index contributed by atoms with van der Waals surface area (Å²) in [5, 5.41) is 0. The van der Waals surface area contributed by atoms with E-state index in [0.717, 1.165) is 11.2 Å². The molecule has 0 aliphatic rings. The van der Waals surface area contributed by atoms with E-state index in [4.69, 9.17) is 4.74 Å². The fourth-order valence-corrected chi connectivity index (χ4v) is 3.22. The number of nitrogens with zero attached hydrogens (tertiary/aromatic N) is 3. The van der Waals surface area contributed by atoms with Crippen LogP contribution >= 0.6 is 0 Å². The number of hydrogen-bond acceptors (Lipinski definition) is 5. The molecule has 0 bridgehead atoms. The van der Waals surface area contributed by atoms with Gasteiger partial charge >= 0.3 is 5.97 Å². The van der Waals surface area contributed by atoms with Crippen molar-refractivity contribution in [1.82, 2.24) is 14.5 Å². The number of pyridine rings is 1. The summed E-state index contributed by atoms with van der Waals surface area (Å²) in [6, 6.07) is 16.3. The number of carbonyl (C=O) groups excluding carboxylic acids is 2. The predicted molar refractivity (Wildman–Crippen MR) is 106 cm³/mol. The van der Waals surface area contributed by atoms with Crippen molar-refractivity contribution in [3.05, 3.63) is 78.2 Å². The number of Topliss-reactive ketones (excluding diaryl/α,β-unsaturated/α-hetero) is 1. The molecule has 2 heterocycles. The van der Waals surface area contributed by atoms with Gasteiger partial charge in [0.1, 0.15) is 6.33 Å². The maximum atomic E-state index is 12.4. The molecule has 0 saturated carbocycles. The molecule has 0 amide bonds. The fraction of sp³-hybridized carbons (Fsp3) is 0.0909. The molecule has 4 rings (SSSR count). The van der Waals surface area contributed by atoms with E-state index < -0.39 is 5.97 Å². The molecular weight excluding hydrogens is 354 g/mol. The Balaban J connectivity index is 1.99. The Kier molecular flexibility index (Phi) is 4.45. The van der Waals surface area contributed by atoms with Crippen LogP contribution in [0.15, 0.2) is 67.1 Å². The van der Waals surface area contributed by atoms with Gasteiger partial charge in [0.2, 0.25) is 0 Å². The van der Waals surface area contributed by atoms with E-state index >= 15 is 0 Å². The van der Waals surface area contributed by atoms with Crippen molar-refractivity contribution >= 4 is 22.8 Å². The van der Waals surface area contributed by atoms with Crippen molar-refractivity contribution in [2.75, 3.05) is 7.11 Å². The Morgan fingerprint density at radius 1 is 1.00 bits per heavy atom. The molecule has 0 saturated heterocycles. The minimum absolute atomic E-state index is 0.0155. The summed E-state index contributed by atoms with van der Waals surface area (Å²) >= 11 is 0. The molecule has 0 atom stereocenters. The molecular formula is C22H17N3O3. The van der Waals surface area contributed by atoms with Crippen LogP contribution in [0, 0.1) is 0 Å². The van der Waals surface area contributed by atoms with Gasteiger partial charge in [0.25, 0.3) is 0 Å². The second-order valence-electron chi connectivity index (χ2n) is 6.28. The minimum Gasteiger partial charge on any atom is -0.465 e. The summed E-state index contributed by atoms with van der Waals surface area (Å²) < 4.78 is 6.86. The maximum Gasteiger partial charge on any atom is 0.338 e. The minimum atomic E-state index is -0.439. The van der Waals surface area contributed by atoms with Crippen molar-refractivity contribution in [3.8, 4) is 16.9 Å². The van der Waals surface area contributed by atoms with E-state index in [1.165, 1.54) is 14.0 Å². The van der Waals surface area contributed by atoms with Crippen LogP contribution in [0.25, 0.3) is 28.0 Å². The van der Waals surface area contributed by atoms with E-state index in [1.54, 1.807) is 36.8 Å². The first-order chi connectivity index (χ1) is 13.6. The van der Waals surface area contributed by atoms with Gasteiger partial charge in [-0.05, 0) is 49.4 Å². The van der Waals surface area contributed by atoms with Crippen LogP contribution in [0.1, 0.15) is 27.6 Å². The lowest BCUT2D eigenvalue weighted by molar-refractivity contribution is 0.0601. The fourth-order valence-electron chi connectivity index (χ4n) is 3.22. The lowest BCUT2D eigenvalue weighted by Gasteiger charge is -2.14. The van der Waals surface area contributed by atoms with E-state index in [9.17, 15) is 9.59 Å². The number of carbonyl (C=O) groups is 2. The highest BCUT2D eigenvalue weighted by Gasteiger charge is 2.20. The van der Waals surface area contributed by atoms with Gasteiger partial charge in [0.15, 0.2) is 5.78 Å². The second kappa shape index (κ2) is 7.08. The molecule has 0 fully saturated rings. The van der Waals surface area contributed by atoms with E-state index in [-0.39, 0.29) is 5.78 Å². The smallest absolute Gasteiger partial charge is 0.338 e. The lowest BCUT2D eigenvalue weighted by atomic mass is 10.0. The number of esters is 1. The van der Waals surface area contributed by atoms with Crippen LogP contribution in [-0.2, 0) is 4.74 Å². The van der Waals surface area contributed by atoms with Crippen LogP contribution in [0.4, 0.5) is 0 Å². The van der Waals surface area contributed by atoms with Gasteiger partial charge in [-0.1, -0.05) is 12.1 Å². The van der Waals surface area contributed by atoms with E-state index in [2.05, 4.69) is 9.97 Å². The normalized spacial score (nSPS) is 10.8. The Morgan fingerprint density at radius 3 is 2.57 bits per heavy atom. The summed E-state index contributed by atoms with van der Waals surface area (Å²) in [6.45, 7) is 1.52. The summed E-state index contributed by atoms with van der Waals surface area (Å²) in [6.07, 6.45) is 3.36. The topological polar surface area (TPSA) is 74.1 Å². The van der Waals surface area contributed by atoms with Gasteiger partial charge in [-0.2, -0.15) is 0 Å². The molecule has 28 heavy (non-hydrogen) atoms. The summed E-state index contributed by atoms with van der Waals surface area (Å²) in [5.74, 6) is -0.455.